The Balaban J connectivity index is 2.36. The van der Waals surface area contributed by atoms with E-state index in [1.165, 1.54) is 30.3 Å². The van der Waals surface area contributed by atoms with Gasteiger partial charge in [-0.25, -0.2) is 4.79 Å². The van der Waals surface area contributed by atoms with Crippen LogP contribution < -0.4 is 4.74 Å². The van der Waals surface area contributed by atoms with Crippen LogP contribution in [-0.2, 0) is 6.18 Å². The number of hydrogen-bond donors (Lipinski definition) is 0. The molecule has 110 valence electrons. The molecular formula is C14H7Cl2F3O2. The number of ether oxygens (including phenoxy) is 1. The van der Waals surface area contributed by atoms with Gasteiger partial charge >= 0.3 is 12.1 Å². The molecule has 0 aromatic heterocycles. The second-order valence-electron chi connectivity index (χ2n) is 4.01. The van der Waals surface area contributed by atoms with E-state index < -0.39 is 23.3 Å². The number of halogens is 5. The van der Waals surface area contributed by atoms with E-state index in [0.717, 1.165) is 12.1 Å². The molecular weight excluding hydrogens is 328 g/mol. The zero-order valence-corrected chi connectivity index (χ0v) is 11.8. The lowest BCUT2D eigenvalue weighted by atomic mass is 10.1. The molecule has 0 bridgehead atoms. The van der Waals surface area contributed by atoms with Gasteiger partial charge in [-0.3, -0.25) is 0 Å². The Labute approximate surface area is 128 Å². The normalized spacial score (nSPS) is 11.3. The predicted molar refractivity (Wildman–Crippen MR) is 72.9 cm³/mol. The third kappa shape index (κ3) is 3.68. The molecule has 0 atom stereocenters. The molecule has 2 aromatic rings. The summed E-state index contributed by atoms with van der Waals surface area (Å²) < 4.78 is 43.4. The first-order valence-corrected chi connectivity index (χ1v) is 6.38. The van der Waals surface area contributed by atoms with Crippen molar-refractivity contribution in [1.29, 1.82) is 0 Å². The van der Waals surface area contributed by atoms with Crippen LogP contribution in [0.2, 0.25) is 10.0 Å². The third-order valence-corrected chi connectivity index (χ3v) is 3.10. The average molecular weight is 335 g/mol. The van der Waals surface area contributed by atoms with Crippen LogP contribution >= 0.6 is 23.2 Å². The number of benzene rings is 2. The van der Waals surface area contributed by atoms with Crippen LogP contribution in [0.5, 0.6) is 5.75 Å². The summed E-state index contributed by atoms with van der Waals surface area (Å²) >= 11 is 11.5. The minimum Gasteiger partial charge on any atom is -0.421 e. The van der Waals surface area contributed by atoms with Gasteiger partial charge in [-0.2, -0.15) is 13.2 Å². The van der Waals surface area contributed by atoms with Crippen molar-refractivity contribution in [2.45, 2.75) is 6.18 Å². The first-order valence-electron chi connectivity index (χ1n) is 5.62. The van der Waals surface area contributed by atoms with Gasteiger partial charge in [0.05, 0.1) is 16.1 Å². The van der Waals surface area contributed by atoms with Crippen LogP contribution in [0.3, 0.4) is 0 Å². The van der Waals surface area contributed by atoms with E-state index in [4.69, 9.17) is 27.9 Å². The summed E-state index contributed by atoms with van der Waals surface area (Å²) in [7, 11) is 0. The summed E-state index contributed by atoms with van der Waals surface area (Å²) in [6.07, 6.45) is -4.66. The van der Waals surface area contributed by atoms with Gasteiger partial charge in [-0.1, -0.05) is 35.3 Å². The van der Waals surface area contributed by atoms with Gasteiger partial charge in [-0.05, 0) is 24.3 Å². The molecule has 2 rings (SSSR count). The smallest absolute Gasteiger partial charge is 0.417 e. The van der Waals surface area contributed by atoms with E-state index in [-0.39, 0.29) is 15.8 Å². The van der Waals surface area contributed by atoms with Crippen molar-refractivity contribution in [3.8, 4) is 5.75 Å². The second-order valence-corrected chi connectivity index (χ2v) is 4.85. The molecule has 2 aromatic carbocycles. The zero-order chi connectivity index (χ0) is 15.6. The first-order chi connectivity index (χ1) is 9.79. The highest BCUT2D eigenvalue weighted by molar-refractivity contribution is 6.34. The van der Waals surface area contributed by atoms with E-state index in [1.54, 1.807) is 0 Å². The molecule has 0 saturated carbocycles. The van der Waals surface area contributed by atoms with E-state index >= 15 is 0 Å². The summed E-state index contributed by atoms with van der Waals surface area (Å²) in [6, 6.07) is 8.42. The molecule has 21 heavy (non-hydrogen) atoms. The summed E-state index contributed by atoms with van der Waals surface area (Å²) in [4.78, 5) is 11.9. The number of rotatable bonds is 2. The molecule has 2 nitrogen and oxygen atoms in total. The molecule has 0 unspecified atom stereocenters. The van der Waals surface area contributed by atoms with Crippen molar-refractivity contribution in [3.63, 3.8) is 0 Å². The largest absolute Gasteiger partial charge is 0.421 e. The molecule has 0 aliphatic rings. The van der Waals surface area contributed by atoms with Crippen LogP contribution in [0.1, 0.15) is 15.9 Å². The van der Waals surface area contributed by atoms with Crippen molar-refractivity contribution in [3.05, 3.63) is 63.6 Å². The fourth-order valence-electron chi connectivity index (χ4n) is 1.62. The first kappa shape index (κ1) is 15.7. The number of carbonyl (C=O) groups is 1. The van der Waals surface area contributed by atoms with E-state index in [2.05, 4.69) is 0 Å². The standard InChI is InChI=1S/C14H7Cl2F3O2/c15-8-5-6-11(16)12(7-8)21-13(20)9-3-1-2-4-10(9)14(17,18)19/h1-7H. The molecule has 0 spiro atoms. The minimum atomic E-state index is -4.66. The number of hydrogen-bond acceptors (Lipinski definition) is 2. The van der Waals surface area contributed by atoms with Crippen LogP contribution in [0.15, 0.2) is 42.5 Å². The Hall–Kier alpha value is -1.72. The van der Waals surface area contributed by atoms with Gasteiger partial charge in [0.2, 0.25) is 0 Å². The SMILES string of the molecule is O=C(Oc1cc(Cl)ccc1Cl)c1ccccc1C(F)(F)F. The third-order valence-electron chi connectivity index (χ3n) is 2.55. The lowest BCUT2D eigenvalue weighted by molar-refractivity contribution is -0.138. The summed E-state index contributed by atoms with van der Waals surface area (Å²) in [5.74, 6) is -1.27. The average Bonchev–Trinajstić information content (AvgIpc) is 2.42. The molecule has 0 aliphatic heterocycles. The molecule has 7 heteroatoms. The number of alkyl halides is 3. The van der Waals surface area contributed by atoms with Gasteiger partial charge in [0.25, 0.3) is 0 Å². The summed E-state index contributed by atoms with van der Waals surface area (Å²) in [5.41, 5.74) is -1.67. The van der Waals surface area contributed by atoms with Crippen molar-refractivity contribution in [2.75, 3.05) is 0 Å². The summed E-state index contributed by atoms with van der Waals surface area (Å²) in [5, 5.41) is 0.309. The van der Waals surface area contributed by atoms with Crippen molar-refractivity contribution < 1.29 is 22.7 Å². The molecule has 0 heterocycles. The topological polar surface area (TPSA) is 26.3 Å². The second kappa shape index (κ2) is 5.95. The minimum absolute atomic E-state index is 0.0669. The lowest BCUT2D eigenvalue weighted by Crippen LogP contribution is -2.17. The maximum atomic E-state index is 12.8. The van der Waals surface area contributed by atoms with Gasteiger partial charge in [0.1, 0.15) is 0 Å². The maximum Gasteiger partial charge on any atom is 0.417 e. The highest BCUT2D eigenvalue weighted by atomic mass is 35.5. The van der Waals surface area contributed by atoms with Crippen LogP contribution in [0.25, 0.3) is 0 Å². The maximum absolute atomic E-state index is 12.8. The van der Waals surface area contributed by atoms with Crippen LogP contribution in [0.4, 0.5) is 13.2 Å². The highest BCUT2D eigenvalue weighted by Crippen LogP contribution is 2.33. The molecule has 0 saturated heterocycles. The van der Waals surface area contributed by atoms with Gasteiger partial charge in [0, 0.05) is 11.1 Å². The Kier molecular flexibility index (Phi) is 4.44. The monoisotopic (exact) mass is 334 g/mol. The Morgan fingerprint density at radius 2 is 1.71 bits per heavy atom. The van der Waals surface area contributed by atoms with E-state index in [0.29, 0.717) is 0 Å². The van der Waals surface area contributed by atoms with Crippen LogP contribution in [-0.4, -0.2) is 5.97 Å². The number of carbonyl (C=O) groups excluding carboxylic acids is 1. The van der Waals surface area contributed by atoms with E-state index in [1.807, 2.05) is 0 Å². The Bertz CT molecular complexity index is 684. The fraction of sp³-hybridized carbons (Fsp3) is 0.0714. The highest BCUT2D eigenvalue weighted by Gasteiger charge is 2.35. The lowest BCUT2D eigenvalue weighted by Gasteiger charge is -2.12. The Morgan fingerprint density at radius 1 is 1.05 bits per heavy atom. The molecule has 0 aliphatic carbocycles. The Morgan fingerprint density at radius 3 is 2.38 bits per heavy atom. The number of esters is 1. The van der Waals surface area contributed by atoms with Crippen molar-refractivity contribution >= 4 is 29.2 Å². The zero-order valence-electron chi connectivity index (χ0n) is 10.2. The molecule has 0 amide bonds. The molecule has 0 N–H and O–H groups in total. The van der Waals surface area contributed by atoms with E-state index in [9.17, 15) is 18.0 Å². The fourth-order valence-corrected chi connectivity index (χ4v) is 1.94. The van der Waals surface area contributed by atoms with Gasteiger partial charge < -0.3 is 4.74 Å². The van der Waals surface area contributed by atoms with Gasteiger partial charge in [0.15, 0.2) is 5.75 Å². The van der Waals surface area contributed by atoms with Crippen molar-refractivity contribution in [2.24, 2.45) is 0 Å². The van der Waals surface area contributed by atoms with Gasteiger partial charge in [-0.15, -0.1) is 0 Å². The quantitative estimate of drug-likeness (QED) is 0.555. The van der Waals surface area contributed by atoms with Crippen LogP contribution in [0, 0.1) is 0 Å². The molecule has 0 fully saturated rings. The molecule has 0 radical (unpaired) electrons. The predicted octanol–water partition coefficient (Wildman–Crippen LogP) is 5.23. The van der Waals surface area contributed by atoms with Crippen molar-refractivity contribution in [1.82, 2.24) is 0 Å². The summed E-state index contributed by atoms with van der Waals surface area (Å²) in [6.45, 7) is 0.